The van der Waals surface area contributed by atoms with Crippen molar-refractivity contribution in [3.8, 4) is 17.2 Å². The number of pyridine rings is 1. The van der Waals surface area contributed by atoms with Crippen LogP contribution >= 0.6 is 0 Å². The summed E-state index contributed by atoms with van der Waals surface area (Å²) in [6, 6.07) is 7.49. The first-order valence-electron chi connectivity index (χ1n) is 6.69. The smallest absolute Gasteiger partial charge is 0.145 e. The van der Waals surface area contributed by atoms with E-state index in [1.807, 2.05) is 38.1 Å². The average Bonchev–Trinajstić information content (AvgIpc) is 2.91. The first kappa shape index (κ1) is 13.4. The van der Waals surface area contributed by atoms with E-state index < -0.39 is 0 Å². The minimum Gasteiger partial charge on any atom is -0.497 e. The van der Waals surface area contributed by atoms with Crippen molar-refractivity contribution in [2.24, 2.45) is 0 Å². The predicted molar refractivity (Wildman–Crippen MR) is 79.0 cm³/mol. The number of rotatable bonds is 4. The number of fused-ring (bicyclic) bond motifs is 1. The van der Waals surface area contributed by atoms with Crippen molar-refractivity contribution < 1.29 is 9.47 Å². The number of hydrogen-bond acceptors (Lipinski definition) is 5. The van der Waals surface area contributed by atoms with Crippen molar-refractivity contribution in [1.29, 1.82) is 0 Å². The van der Waals surface area contributed by atoms with Crippen LogP contribution in [0.5, 0.6) is 11.5 Å². The maximum Gasteiger partial charge on any atom is 0.145 e. The zero-order valence-corrected chi connectivity index (χ0v) is 12.1. The van der Waals surface area contributed by atoms with Gasteiger partial charge in [-0.2, -0.15) is 0 Å². The average molecular weight is 284 g/mol. The molecule has 0 aliphatic carbocycles. The van der Waals surface area contributed by atoms with Gasteiger partial charge in [-0.1, -0.05) is 5.21 Å². The molecular formula is C15H16N4O2. The molecule has 108 valence electrons. The summed E-state index contributed by atoms with van der Waals surface area (Å²) in [6.07, 6.45) is 3.46. The van der Waals surface area contributed by atoms with E-state index in [1.165, 1.54) is 0 Å². The Hall–Kier alpha value is -2.63. The van der Waals surface area contributed by atoms with Crippen LogP contribution in [0.3, 0.4) is 0 Å². The molecule has 0 unspecified atom stereocenters. The summed E-state index contributed by atoms with van der Waals surface area (Å²) in [5, 5.41) is 8.32. The van der Waals surface area contributed by atoms with Gasteiger partial charge in [-0.15, -0.1) is 5.10 Å². The molecule has 6 heteroatoms. The Balaban J connectivity index is 2.19. The van der Waals surface area contributed by atoms with Crippen molar-refractivity contribution in [3.05, 3.63) is 36.7 Å². The van der Waals surface area contributed by atoms with Crippen LogP contribution in [0.4, 0.5) is 0 Å². The fraction of sp³-hybridized carbons (Fsp3) is 0.267. The topological polar surface area (TPSA) is 62.1 Å². The lowest BCUT2D eigenvalue weighted by molar-refractivity contribution is 0.241. The normalized spacial score (nSPS) is 11.0. The van der Waals surface area contributed by atoms with E-state index in [0.29, 0.717) is 0 Å². The number of aromatic nitrogens is 4. The first-order chi connectivity index (χ1) is 10.2. The van der Waals surface area contributed by atoms with Gasteiger partial charge in [0.25, 0.3) is 0 Å². The van der Waals surface area contributed by atoms with E-state index in [1.54, 1.807) is 24.2 Å². The summed E-state index contributed by atoms with van der Waals surface area (Å²) in [4.78, 5) is 4.05. The van der Waals surface area contributed by atoms with Gasteiger partial charge < -0.3 is 9.47 Å². The van der Waals surface area contributed by atoms with Gasteiger partial charge >= 0.3 is 0 Å². The maximum atomic E-state index is 5.86. The van der Waals surface area contributed by atoms with Crippen LogP contribution in [0.2, 0.25) is 0 Å². The van der Waals surface area contributed by atoms with Gasteiger partial charge in [-0.05, 0) is 32.0 Å². The zero-order chi connectivity index (χ0) is 14.8. The van der Waals surface area contributed by atoms with Crippen LogP contribution in [0.15, 0.2) is 36.7 Å². The highest BCUT2D eigenvalue weighted by Gasteiger charge is 2.14. The monoisotopic (exact) mass is 284 g/mol. The maximum absolute atomic E-state index is 5.86. The Labute approximate surface area is 122 Å². The molecule has 2 heterocycles. The molecule has 0 aliphatic heterocycles. The lowest BCUT2D eigenvalue weighted by Crippen LogP contribution is -2.09. The lowest BCUT2D eigenvalue weighted by Gasteiger charge is -2.15. The third-order valence-electron chi connectivity index (χ3n) is 3.00. The first-order valence-corrected chi connectivity index (χ1v) is 6.69. The number of nitrogens with zero attached hydrogens (tertiary/aromatic N) is 4. The van der Waals surface area contributed by atoms with Crippen molar-refractivity contribution in [1.82, 2.24) is 20.0 Å². The molecule has 1 aromatic carbocycles. The molecule has 0 aliphatic rings. The van der Waals surface area contributed by atoms with E-state index in [0.717, 1.165) is 28.2 Å². The molecule has 2 aromatic heterocycles. The summed E-state index contributed by atoms with van der Waals surface area (Å²) in [5.74, 6) is 1.47. The van der Waals surface area contributed by atoms with Crippen LogP contribution in [0.1, 0.15) is 13.8 Å². The third kappa shape index (κ3) is 2.52. The Morgan fingerprint density at radius 2 is 2.05 bits per heavy atom. The van der Waals surface area contributed by atoms with Gasteiger partial charge in [0, 0.05) is 12.3 Å². The van der Waals surface area contributed by atoms with Gasteiger partial charge in [0.15, 0.2) is 0 Å². The molecule has 0 spiro atoms. The summed E-state index contributed by atoms with van der Waals surface area (Å²) < 4.78 is 12.9. The highest BCUT2D eigenvalue weighted by atomic mass is 16.5. The highest BCUT2D eigenvalue weighted by molar-refractivity contribution is 5.75. The Kier molecular flexibility index (Phi) is 3.43. The third-order valence-corrected chi connectivity index (χ3v) is 3.00. The molecule has 0 amide bonds. The van der Waals surface area contributed by atoms with Crippen LogP contribution in [0.25, 0.3) is 16.7 Å². The van der Waals surface area contributed by atoms with E-state index in [2.05, 4.69) is 15.3 Å². The van der Waals surface area contributed by atoms with Crippen LogP contribution in [0, 0.1) is 0 Å². The molecule has 0 radical (unpaired) electrons. The summed E-state index contributed by atoms with van der Waals surface area (Å²) in [5.41, 5.74) is 2.39. The standard InChI is InChI=1S/C15H16N4O2/c1-10(2)21-15-5-4-11(20-3)8-14(15)19-13-6-7-16-9-12(13)17-18-19/h4-10H,1-3H3. The predicted octanol–water partition coefficient (Wildman–Crippen LogP) is 2.61. The second-order valence-corrected chi connectivity index (χ2v) is 4.87. The minimum absolute atomic E-state index is 0.0635. The van der Waals surface area contributed by atoms with E-state index in [9.17, 15) is 0 Å². The number of methoxy groups -OCH3 is 1. The zero-order valence-electron chi connectivity index (χ0n) is 12.1. The van der Waals surface area contributed by atoms with Crippen LogP contribution in [-0.4, -0.2) is 33.2 Å². The van der Waals surface area contributed by atoms with Crippen molar-refractivity contribution in [2.45, 2.75) is 20.0 Å². The molecule has 0 atom stereocenters. The minimum atomic E-state index is 0.0635. The van der Waals surface area contributed by atoms with E-state index in [4.69, 9.17) is 9.47 Å². The van der Waals surface area contributed by atoms with Gasteiger partial charge in [-0.3, -0.25) is 4.98 Å². The van der Waals surface area contributed by atoms with Gasteiger partial charge in [0.1, 0.15) is 22.7 Å². The number of benzene rings is 1. The summed E-state index contributed by atoms with van der Waals surface area (Å²) in [7, 11) is 1.63. The van der Waals surface area contributed by atoms with Gasteiger partial charge in [-0.25, -0.2) is 4.68 Å². The molecule has 0 fully saturated rings. The molecule has 3 rings (SSSR count). The molecule has 21 heavy (non-hydrogen) atoms. The Morgan fingerprint density at radius 1 is 1.19 bits per heavy atom. The fourth-order valence-corrected chi connectivity index (χ4v) is 2.10. The summed E-state index contributed by atoms with van der Waals surface area (Å²) >= 11 is 0. The summed E-state index contributed by atoms with van der Waals surface area (Å²) in [6.45, 7) is 3.97. The highest BCUT2D eigenvalue weighted by Crippen LogP contribution is 2.29. The molecule has 0 bridgehead atoms. The van der Waals surface area contributed by atoms with Crippen LogP contribution in [-0.2, 0) is 0 Å². The molecule has 0 N–H and O–H groups in total. The molecule has 6 nitrogen and oxygen atoms in total. The van der Waals surface area contributed by atoms with Crippen molar-refractivity contribution in [2.75, 3.05) is 7.11 Å². The Morgan fingerprint density at radius 3 is 2.81 bits per heavy atom. The molecular weight excluding hydrogens is 268 g/mol. The largest absolute Gasteiger partial charge is 0.497 e. The van der Waals surface area contributed by atoms with Crippen molar-refractivity contribution >= 4 is 11.0 Å². The quantitative estimate of drug-likeness (QED) is 0.737. The number of hydrogen-bond donors (Lipinski definition) is 0. The van der Waals surface area contributed by atoms with Gasteiger partial charge in [0.2, 0.25) is 0 Å². The fourth-order valence-electron chi connectivity index (χ4n) is 2.10. The second kappa shape index (κ2) is 5.40. The SMILES string of the molecule is COc1ccc(OC(C)C)c(-n2nnc3cnccc32)c1. The molecule has 0 saturated carbocycles. The number of ether oxygens (including phenoxy) is 2. The molecule has 3 aromatic rings. The molecule has 0 saturated heterocycles. The van der Waals surface area contributed by atoms with E-state index in [-0.39, 0.29) is 6.10 Å². The lowest BCUT2D eigenvalue weighted by atomic mass is 10.2. The van der Waals surface area contributed by atoms with Crippen molar-refractivity contribution in [3.63, 3.8) is 0 Å². The second-order valence-electron chi connectivity index (χ2n) is 4.87. The van der Waals surface area contributed by atoms with E-state index >= 15 is 0 Å². The van der Waals surface area contributed by atoms with Crippen LogP contribution < -0.4 is 9.47 Å². The van der Waals surface area contributed by atoms with Gasteiger partial charge in [0.05, 0.1) is 24.9 Å². The Bertz CT molecular complexity index is 767.